The van der Waals surface area contributed by atoms with Gasteiger partial charge in [0.2, 0.25) is 5.91 Å². The lowest BCUT2D eigenvalue weighted by atomic mass is 10.0. The fourth-order valence-electron chi connectivity index (χ4n) is 1.63. The summed E-state index contributed by atoms with van der Waals surface area (Å²) in [5, 5.41) is 9.55. The van der Waals surface area contributed by atoms with Crippen LogP contribution in [-0.2, 0) is 16.0 Å². The summed E-state index contributed by atoms with van der Waals surface area (Å²) >= 11 is 6.07. The number of rotatable bonds is 5. The van der Waals surface area contributed by atoms with E-state index in [1.807, 2.05) is 0 Å². The number of amides is 1. The number of benzene rings is 1. The summed E-state index contributed by atoms with van der Waals surface area (Å²) in [5.41, 5.74) is -0.735. The van der Waals surface area contributed by atoms with Crippen LogP contribution in [-0.4, -0.2) is 41.6 Å². The molecular formula is C14H18ClNO4. The minimum Gasteiger partial charge on any atom is -0.496 e. The van der Waals surface area contributed by atoms with E-state index in [1.165, 1.54) is 32.9 Å². The molecule has 0 atom stereocenters. The molecule has 0 radical (unpaired) electrons. The number of methoxy groups -OCH3 is 1. The minimum atomic E-state index is -1.29. The van der Waals surface area contributed by atoms with Gasteiger partial charge < -0.3 is 14.7 Å². The maximum absolute atomic E-state index is 12.2. The zero-order valence-electron chi connectivity index (χ0n) is 11.9. The van der Waals surface area contributed by atoms with Gasteiger partial charge in [-0.15, -0.1) is 0 Å². The molecule has 0 spiro atoms. The topological polar surface area (TPSA) is 66.8 Å². The number of carbonyl (C=O) groups excluding carboxylic acids is 1. The van der Waals surface area contributed by atoms with Gasteiger partial charge in [0.1, 0.15) is 11.3 Å². The van der Waals surface area contributed by atoms with Crippen LogP contribution in [0.4, 0.5) is 0 Å². The van der Waals surface area contributed by atoms with E-state index in [9.17, 15) is 9.59 Å². The van der Waals surface area contributed by atoms with Crippen molar-refractivity contribution in [3.05, 3.63) is 28.8 Å². The summed E-state index contributed by atoms with van der Waals surface area (Å²) < 4.78 is 5.17. The molecule has 1 amide bonds. The molecule has 20 heavy (non-hydrogen) atoms. The number of likely N-dealkylation sites (N-methyl/N-ethyl adjacent to an activating group) is 1. The summed E-state index contributed by atoms with van der Waals surface area (Å²) in [4.78, 5) is 24.6. The van der Waals surface area contributed by atoms with Crippen molar-refractivity contribution in [3.63, 3.8) is 0 Å². The largest absolute Gasteiger partial charge is 0.496 e. The van der Waals surface area contributed by atoms with Gasteiger partial charge in [0.15, 0.2) is 0 Å². The van der Waals surface area contributed by atoms with Gasteiger partial charge in [-0.2, -0.15) is 0 Å². The van der Waals surface area contributed by atoms with Crippen molar-refractivity contribution in [3.8, 4) is 5.75 Å². The molecule has 0 aliphatic carbocycles. The zero-order valence-corrected chi connectivity index (χ0v) is 12.7. The van der Waals surface area contributed by atoms with Crippen LogP contribution < -0.4 is 4.74 Å². The van der Waals surface area contributed by atoms with E-state index in [4.69, 9.17) is 21.4 Å². The highest BCUT2D eigenvalue weighted by molar-refractivity contribution is 6.31. The molecule has 0 aromatic heterocycles. The Kier molecular flexibility index (Phi) is 5.00. The Balaban J connectivity index is 3.00. The van der Waals surface area contributed by atoms with E-state index in [0.29, 0.717) is 16.3 Å². The van der Waals surface area contributed by atoms with E-state index in [1.54, 1.807) is 18.2 Å². The Morgan fingerprint density at radius 3 is 2.50 bits per heavy atom. The lowest BCUT2D eigenvalue weighted by Crippen LogP contribution is -2.51. The predicted molar refractivity (Wildman–Crippen MR) is 76.2 cm³/mol. The molecular weight excluding hydrogens is 282 g/mol. The van der Waals surface area contributed by atoms with Gasteiger partial charge in [-0.25, -0.2) is 4.79 Å². The molecule has 0 fully saturated rings. The second kappa shape index (κ2) is 6.13. The van der Waals surface area contributed by atoms with Gasteiger partial charge in [-0.05, 0) is 26.0 Å². The molecule has 0 aliphatic rings. The Hall–Kier alpha value is -1.75. The minimum absolute atomic E-state index is 0.0178. The molecule has 1 aromatic carbocycles. The number of carbonyl (C=O) groups is 2. The van der Waals surface area contributed by atoms with Crippen molar-refractivity contribution < 1.29 is 19.4 Å². The lowest BCUT2D eigenvalue weighted by molar-refractivity contribution is -0.155. The van der Waals surface area contributed by atoms with Crippen molar-refractivity contribution in [2.24, 2.45) is 0 Å². The first kappa shape index (κ1) is 16.3. The zero-order chi connectivity index (χ0) is 15.5. The van der Waals surface area contributed by atoms with E-state index in [2.05, 4.69) is 0 Å². The number of nitrogens with zero attached hydrogens (tertiary/aromatic N) is 1. The molecule has 0 aliphatic heterocycles. The number of aliphatic carboxylic acids is 1. The lowest BCUT2D eigenvalue weighted by Gasteiger charge is -2.31. The monoisotopic (exact) mass is 299 g/mol. The number of carboxylic acid groups (broad SMARTS) is 1. The fourth-order valence-corrected chi connectivity index (χ4v) is 1.86. The molecule has 110 valence electrons. The number of ether oxygens (including phenoxy) is 1. The third-order valence-corrected chi connectivity index (χ3v) is 3.71. The summed E-state index contributed by atoms with van der Waals surface area (Å²) in [6.45, 7) is 2.94. The second-order valence-electron chi connectivity index (χ2n) is 4.91. The molecule has 0 saturated heterocycles. The highest BCUT2D eigenvalue weighted by Gasteiger charge is 2.35. The van der Waals surface area contributed by atoms with Gasteiger partial charge in [0.25, 0.3) is 0 Å². The molecule has 5 nitrogen and oxygen atoms in total. The van der Waals surface area contributed by atoms with Crippen LogP contribution in [0.15, 0.2) is 18.2 Å². The van der Waals surface area contributed by atoms with Crippen LogP contribution in [0, 0.1) is 0 Å². The maximum Gasteiger partial charge on any atom is 0.329 e. The molecule has 6 heteroatoms. The average molecular weight is 300 g/mol. The maximum atomic E-state index is 12.2. The molecule has 0 unspecified atom stereocenters. The number of hydrogen-bond acceptors (Lipinski definition) is 3. The van der Waals surface area contributed by atoms with Gasteiger partial charge in [-0.3, -0.25) is 4.79 Å². The van der Waals surface area contributed by atoms with Crippen LogP contribution in [0.25, 0.3) is 0 Å². The predicted octanol–water partition coefficient (Wildman–Crippen LogP) is 2.21. The fraction of sp³-hybridized carbons (Fsp3) is 0.429. The Bertz CT molecular complexity index is 528. The van der Waals surface area contributed by atoms with E-state index in [0.717, 1.165) is 0 Å². The molecule has 0 bridgehead atoms. The third-order valence-electron chi connectivity index (χ3n) is 3.36. The van der Waals surface area contributed by atoms with Crippen molar-refractivity contribution in [2.45, 2.75) is 25.8 Å². The molecule has 1 aromatic rings. The molecule has 1 rings (SSSR count). The standard InChI is InChI=1S/C14H18ClNO4/c1-14(2,13(18)19)16(3)12(17)8-9-10(15)6-5-7-11(9)20-4/h5-7H,8H2,1-4H3,(H,18,19). The van der Waals surface area contributed by atoms with Gasteiger partial charge in [0, 0.05) is 17.6 Å². The van der Waals surface area contributed by atoms with E-state index >= 15 is 0 Å². The highest BCUT2D eigenvalue weighted by Crippen LogP contribution is 2.27. The molecule has 0 saturated carbocycles. The first-order valence-electron chi connectivity index (χ1n) is 6.03. The third kappa shape index (κ3) is 3.22. The second-order valence-corrected chi connectivity index (χ2v) is 5.32. The first-order valence-corrected chi connectivity index (χ1v) is 6.41. The average Bonchev–Trinajstić information content (AvgIpc) is 2.39. The summed E-state index contributed by atoms with van der Waals surface area (Å²) in [7, 11) is 2.95. The molecule has 0 heterocycles. The van der Waals surface area contributed by atoms with Gasteiger partial charge in [-0.1, -0.05) is 17.7 Å². The van der Waals surface area contributed by atoms with Crippen molar-refractivity contribution in [2.75, 3.05) is 14.2 Å². The molecule has 1 N–H and O–H groups in total. The van der Waals surface area contributed by atoms with E-state index < -0.39 is 11.5 Å². The Morgan fingerprint density at radius 1 is 1.40 bits per heavy atom. The Morgan fingerprint density at radius 2 is 2.00 bits per heavy atom. The van der Waals surface area contributed by atoms with E-state index in [-0.39, 0.29) is 12.3 Å². The SMILES string of the molecule is COc1cccc(Cl)c1CC(=O)N(C)C(C)(C)C(=O)O. The highest BCUT2D eigenvalue weighted by atomic mass is 35.5. The van der Waals surface area contributed by atoms with Crippen LogP contribution in [0.3, 0.4) is 0 Å². The number of carboxylic acids is 1. The van der Waals surface area contributed by atoms with Crippen LogP contribution in [0.1, 0.15) is 19.4 Å². The van der Waals surface area contributed by atoms with Crippen LogP contribution in [0.2, 0.25) is 5.02 Å². The Labute approximate surface area is 123 Å². The van der Waals surface area contributed by atoms with Gasteiger partial charge >= 0.3 is 5.97 Å². The number of hydrogen-bond donors (Lipinski definition) is 1. The summed E-state index contributed by atoms with van der Waals surface area (Å²) in [5.74, 6) is -0.907. The van der Waals surface area contributed by atoms with Crippen molar-refractivity contribution in [1.29, 1.82) is 0 Å². The summed E-state index contributed by atoms with van der Waals surface area (Å²) in [6, 6.07) is 5.09. The first-order chi connectivity index (χ1) is 9.21. The quantitative estimate of drug-likeness (QED) is 0.905. The number of halogens is 1. The van der Waals surface area contributed by atoms with Gasteiger partial charge in [0.05, 0.1) is 13.5 Å². The van der Waals surface area contributed by atoms with Crippen LogP contribution in [0.5, 0.6) is 5.75 Å². The van der Waals surface area contributed by atoms with Crippen LogP contribution >= 0.6 is 11.6 Å². The smallest absolute Gasteiger partial charge is 0.329 e. The normalized spacial score (nSPS) is 11.1. The summed E-state index contributed by atoms with van der Waals surface area (Å²) in [6.07, 6.45) is -0.0178. The van der Waals surface area contributed by atoms with Crippen molar-refractivity contribution in [1.82, 2.24) is 4.90 Å². The van der Waals surface area contributed by atoms with Crippen molar-refractivity contribution >= 4 is 23.5 Å².